The van der Waals surface area contributed by atoms with Gasteiger partial charge < -0.3 is 4.74 Å². The van der Waals surface area contributed by atoms with Gasteiger partial charge in [0.25, 0.3) is 0 Å². The van der Waals surface area contributed by atoms with E-state index in [-0.39, 0.29) is 6.23 Å². The van der Waals surface area contributed by atoms with Crippen LogP contribution >= 0.6 is 11.6 Å². The average Bonchev–Trinajstić information content (AvgIpc) is 2.83. The van der Waals surface area contributed by atoms with Crippen molar-refractivity contribution in [1.29, 1.82) is 0 Å². The molecular formula is C13H13ClN2O. The molecule has 3 rings (SSSR count). The molecule has 1 unspecified atom stereocenters. The molecule has 0 bridgehead atoms. The van der Waals surface area contributed by atoms with Crippen molar-refractivity contribution < 1.29 is 4.74 Å². The van der Waals surface area contributed by atoms with Crippen LogP contribution in [-0.4, -0.2) is 9.55 Å². The molecule has 0 spiro atoms. The lowest BCUT2D eigenvalue weighted by Gasteiger charge is -2.14. The minimum Gasteiger partial charge on any atom is -0.470 e. The molecule has 2 aromatic rings. The van der Waals surface area contributed by atoms with Crippen LogP contribution in [0.3, 0.4) is 0 Å². The Morgan fingerprint density at radius 3 is 2.94 bits per heavy atom. The highest BCUT2D eigenvalue weighted by Crippen LogP contribution is 2.35. The Labute approximate surface area is 105 Å². The molecule has 0 saturated carbocycles. The van der Waals surface area contributed by atoms with Gasteiger partial charge in [-0.05, 0) is 32.0 Å². The highest BCUT2D eigenvalue weighted by atomic mass is 35.5. The van der Waals surface area contributed by atoms with E-state index in [1.165, 1.54) is 0 Å². The van der Waals surface area contributed by atoms with Gasteiger partial charge in [-0.1, -0.05) is 11.6 Å². The molecule has 0 radical (unpaired) electrons. The zero-order chi connectivity index (χ0) is 12.0. The maximum absolute atomic E-state index is 5.98. The number of aryl methyl sites for hydroxylation is 1. The molecule has 0 aliphatic carbocycles. The third kappa shape index (κ3) is 1.71. The summed E-state index contributed by atoms with van der Waals surface area (Å²) in [6.07, 6.45) is 2.68. The van der Waals surface area contributed by atoms with Crippen LogP contribution in [0, 0.1) is 13.8 Å². The Balaban J connectivity index is 1.94. The van der Waals surface area contributed by atoms with E-state index in [4.69, 9.17) is 16.3 Å². The first-order chi connectivity index (χ1) is 8.15. The zero-order valence-electron chi connectivity index (χ0n) is 9.77. The third-order valence-corrected chi connectivity index (χ3v) is 3.51. The van der Waals surface area contributed by atoms with Gasteiger partial charge in [-0.3, -0.25) is 4.57 Å². The molecule has 1 aromatic heterocycles. The van der Waals surface area contributed by atoms with Crippen molar-refractivity contribution in [3.05, 3.63) is 46.5 Å². The van der Waals surface area contributed by atoms with Crippen LogP contribution < -0.4 is 4.74 Å². The molecule has 1 aromatic carbocycles. The Morgan fingerprint density at radius 1 is 1.41 bits per heavy atom. The van der Waals surface area contributed by atoms with Gasteiger partial charge in [-0.2, -0.15) is 0 Å². The summed E-state index contributed by atoms with van der Waals surface area (Å²) in [6.45, 7) is 4.06. The van der Waals surface area contributed by atoms with E-state index in [1.807, 2.05) is 31.5 Å². The summed E-state index contributed by atoms with van der Waals surface area (Å²) in [6, 6.07) is 5.75. The summed E-state index contributed by atoms with van der Waals surface area (Å²) in [5, 5.41) is 0.756. The van der Waals surface area contributed by atoms with Crippen LogP contribution in [0.2, 0.25) is 5.02 Å². The number of ether oxygens (including phenoxy) is 1. The lowest BCUT2D eigenvalue weighted by molar-refractivity contribution is 0.158. The minimum absolute atomic E-state index is 0.00432. The Hall–Kier alpha value is -1.48. The number of benzene rings is 1. The van der Waals surface area contributed by atoms with Gasteiger partial charge in [0.1, 0.15) is 5.75 Å². The van der Waals surface area contributed by atoms with Crippen molar-refractivity contribution in [3.8, 4) is 5.75 Å². The van der Waals surface area contributed by atoms with E-state index in [1.54, 1.807) is 0 Å². The van der Waals surface area contributed by atoms with E-state index in [0.717, 1.165) is 34.1 Å². The number of aromatic nitrogens is 2. The first kappa shape index (κ1) is 10.7. The van der Waals surface area contributed by atoms with E-state index in [0.29, 0.717) is 0 Å². The molecular weight excluding hydrogens is 236 g/mol. The maximum Gasteiger partial charge on any atom is 0.181 e. The number of fused-ring (bicyclic) bond motifs is 1. The van der Waals surface area contributed by atoms with Crippen molar-refractivity contribution in [2.45, 2.75) is 26.5 Å². The number of halogens is 1. The van der Waals surface area contributed by atoms with Crippen molar-refractivity contribution >= 4 is 11.6 Å². The summed E-state index contributed by atoms with van der Waals surface area (Å²) in [5.74, 6) is 0.921. The Kier molecular flexibility index (Phi) is 2.37. The molecule has 88 valence electrons. The van der Waals surface area contributed by atoms with Crippen molar-refractivity contribution in [2.24, 2.45) is 0 Å². The fourth-order valence-corrected chi connectivity index (χ4v) is 2.35. The predicted octanol–water partition coefficient (Wildman–Crippen LogP) is 3.29. The zero-order valence-corrected chi connectivity index (χ0v) is 10.5. The number of rotatable bonds is 1. The van der Waals surface area contributed by atoms with Crippen LogP contribution in [0.5, 0.6) is 5.75 Å². The SMILES string of the molecule is Cc1ncn(C2Cc3cc(Cl)ccc3O2)c1C. The van der Waals surface area contributed by atoms with E-state index < -0.39 is 0 Å². The van der Waals surface area contributed by atoms with E-state index in [9.17, 15) is 0 Å². The molecule has 2 heterocycles. The second-order valence-electron chi connectivity index (χ2n) is 4.35. The molecule has 3 nitrogen and oxygen atoms in total. The van der Waals surface area contributed by atoms with Gasteiger partial charge in [-0.25, -0.2) is 4.98 Å². The summed E-state index contributed by atoms with van der Waals surface area (Å²) in [4.78, 5) is 4.30. The van der Waals surface area contributed by atoms with Crippen LogP contribution in [0.4, 0.5) is 0 Å². The average molecular weight is 249 g/mol. The number of nitrogens with zero attached hydrogens (tertiary/aromatic N) is 2. The smallest absolute Gasteiger partial charge is 0.181 e. The third-order valence-electron chi connectivity index (χ3n) is 3.28. The largest absolute Gasteiger partial charge is 0.470 e. The summed E-state index contributed by atoms with van der Waals surface area (Å²) in [7, 11) is 0. The minimum atomic E-state index is 0.00432. The van der Waals surface area contributed by atoms with Gasteiger partial charge >= 0.3 is 0 Å². The van der Waals surface area contributed by atoms with Crippen LogP contribution in [0.15, 0.2) is 24.5 Å². The molecule has 0 amide bonds. The van der Waals surface area contributed by atoms with Crippen LogP contribution in [-0.2, 0) is 6.42 Å². The van der Waals surface area contributed by atoms with Crippen molar-refractivity contribution in [3.63, 3.8) is 0 Å². The normalized spacial score (nSPS) is 17.9. The number of imidazole rings is 1. The molecule has 1 aliphatic rings. The Bertz CT molecular complexity index is 577. The second kappa shape index (κ2) is 3.77. The second-order valence-corrected chi connectivity index (χ2v) is 4.79. The first-order valence-electron chi connectivity index (χ1n) is 5.60. The van der Waals surface area contributed by atoms with Crippen LogP contribution in [0.25, 0.3) is 0 Å². The van der Waals surface area contributed by atoms with Crippen molar-refractivity contribution in [1.82, 2.24) is 9.55 Å². The van der Waals surface area contributed by atoms with E-state index >= 15 is 0 Å². The fourth-order valence-electron chi connectivity index (χ4n) is 2.16. The molecule has 4 heteroatoms. The molecule has 0 saturated heterocycles. The topological polar surface area (TPSA) is 27.1 Å². The van der Waals surface area contributed by atoms with Gasteiger partial charge in [-0.15, -0.1) is 0 Å². The predicted molar refractivity (Wildman–Crippen MR) is 66.5 cm³/mol. The van der Waals surface area contributed by atoms with Crippen molar-refractivity contribution in [2.75, 3.05) is 0 Å². The Morgan fingerprint density at radius 2 is 2.24 bits per heavy atom. The van der Waals surface area contributed by atoms with E-state index in [2.05, 4.69) is 16.5 Å². The van der Waals surface area contributed by atoms with Gasteiger partial charge in [0, 0.05) is 22.7 Å². The molecule has 1 aliphatic heterocycles. The summed E-state index contributed by atoms with van der Waals surface area (Å²) >= 11 is 5.98. The highest BCUT2D eigenvalue weighted by Gasteiger charge is 2.25. The fraction of sp³-hybridized carbons (Fsp3) is 0.308. The van der Waals surface area contributed by atoms with Gasteiger partial charge in [0.05, 0.1) is 12.0 Å². The van der Waals surface area contributed by atoms with Gasteiger partial charge in [0.15, 0.2) is 6.23 Å². The molecule has 17 heavy (non-hydrogen) atoms. The standard InChI is InChI=1S/C13H13ClN2O/c1-8-9(2)16(7-15-8)13-6-10-5-11(14)3-4-12(10)17-13/h3-5,7,13H,6H2,1-2H3. The monoisotopic (exact) mass is 248 g/mol. The molecule has 0 fully saturated rings. The number of hydrogen-bond acceptors (Lipinski definition) is 2. The van der Waals surface area contributed by atoms with Crippen LogP contribution in [0.1, 0.15) is 23.2 Å². The maximum atomic E-state index is 5.98. The first-order valence-corrected chi connectivity index (χ1v) is 5.98. The summed E-state index contributed by atoms with van der Waals surface area (Å²) < 4.78 is 7.98. The molecule has 1 atom stereocenters. The van der Waals surface area contributed by atoms with Gasteiger partial charge in [0.2, 0.25) is 0 Å². The molecule has 0 N–H and O–H groups in total. The lowest BCUT2D eigenvalue weighted by atomic mass is 10.1. The number of hydrogen-bond donors (Lipinski definition) is 0. The highest BCUT2D eigenvalue weighted by molar-refractivity contribution is 6.30. The summed E-state index contributed by atoms with van der Waals surface area (Å²) in [5.41, 5.74) is 3.35. The quantitative estimate of drug-likeness (QED) is 0.774. The lowest BCUT2D eigenvalue weighted by Crippen LogP contribution is -2.13.